The summed E-state index contributed by atoms with van der Waals surface area (Å²) >= 11 is 0. The van der Waals surface area contributed by atoms with Crippen LogP contribution in [0.2, 0.25) is 0 Å². The lowest BCUT2D eigenvalue weighted by Gasteiger charge is -2.52. The van der Waals surface area contributed by atoms with Crippen LogP contribution in [0.4, 0.5) is 4.39 Å². The molecule has 6 nitrogen and oxygen atoms in total. The van der Waals surface area contributed by atoms with Crippen LogP contribution in [0.25, 0.3) is 0 Å². The predicted molar refractivity (Wildman–Crippen MR) is 126 cm³/mol. The maximum absolute atomic E-state index is 14.1. The van der Waals surface area contributed by atoms with Gasteiger partial charge >= 0.3 is 0 Å². The van der Waals surface area contributed by atoms with Crippen molar-refractivity contribution in [3.63, 3.8) is 0 Å². The molecule has 0 radical (unpaired) electrons. The lowest BCUT2D eigenvalue weighted by molar-refractivity contribution is -0.113. The summed E-state index contributed by atoms with van der Waals surface area (Å²) in [5.41, 5.74) is -0.0922. The number of aliphatic imine (C=N–C) groups is 1. The van der Waals surface area contributed by atoms with Crippen LogP contribution in [-0.2, 0) is 4.74 Å². The van der Waals surface area contributed by atoms with Gasteiger partial charge in [0.2, 0.25) is 5.78 Å². The van der Waals surface area contributed by atoms with Gasteiger partial charge in [0, 0.05) is 58.4 Å². The molecule has 1 aromatic rings. The monoisotopic (exact) mass is 442 g/mol. The van der Waals surface area contributed by atoms with Gasteiger partial charge in [-0.15, -0.1) is 0 Å². The van der Waals surface area contributed by atoms with Crippen molar-refractivity contribution in [3.8, 4) is 0 Å². The summed E-state index contributed by atoms with van der Waals surface area (Å²) in [4.78, 5) is 26.6. The standard InChI is InChI=1S/C25H35FN4O2/c1-5-8-20(26)21(27-4)10-13-29-14-16-30(17-15-29)25(11-18-32-24(2,3)19-25)23(31)22-9-6-7-12-28-22/h5-9,12H,4,10-11,13-19H2,1-3H3/b8-5-,21-20+. The number of rotatable bonds is 8. The molecule has 3 heterocycles. The number of nitrogens with zero attached hydrogens (tertiary/aromatic N) is 4. The van der Waals surface area contributed by atoms with Crippen LogP contribution < -0.4 is 0 Å². The number of ketones is 1. The van der Waals surface area contributed by atoms with Crippen molar-refractivity contribution in [2.75, 3.05) is 39.3 Å². The van der Waals surface area contributed by atoms with Crippen molar-refractivity contribution in [1.82, 2.24) is 14.8 Å². The highest BCUT2D eigenvalue weighted by Gasteiger charge is 2.51. The molecule has 0 spiro atoms. The number of carbonyl (C=O) groups is 1. The number of hydrogen-bond donors (Lipinski definition) is 0. The van der Waals surface area contributed by atoms with E-state index >= 15 is 0 Å². The Kier molecular flexibility index (Phi) is 8.09. The van der Waals surface area contributed by atoms with Crippen molar-refractivity contribution in [2.24, 2.45) is 4.99 Å². The molecule has 2 fully saturated rings. The van der Waals surface area contributed by atoms with Gasteiger partial charge in [0.25, 0.3) is 0 Å². The van der Waals surface area contributed by atoms with Gasteiger partial charge in [-0.2, -0.15) is 0 Å². The van der Waals surface area contributed by atoms with Crippen LogP contribution in [0.1, 0.15) is 50.5 Å². The SMILES string of the molecule is C=N/C(CCN1CCN(C2(C(=O)c3ccccn3)CCOC(C)(C)C2)CC1)=C(F)\C=C/C. The second-order valence-electron chi connectivity index (χ2n) is 9.14. The largest absolute Gasteiger partial charge is 0.375 e. The number of carbonyl (C=O) groups excluding carboxylic acids is 1. The average molecular weight is 443 g/mol. The molecular weight excluding hydrogens is 407 g/mol. The molecule has 2 aliphatic rings. The lowest BCUT2D eigenvalue weighted by atomic mass is 9.75. The van der Waals surface area contributed by atoms with E-state index in [4.69, 9.17) is 4.74 Å². The van der Waals surface area contributed by atoms with E-state index in [2.05, 4.69) is 40.3 Å². The predicted octanol–water partition coefficient (Wildman–Crippen LogP) is 4.06. The topological polar surface area (TPSA) is 58.0 Å². The summed E-state index contributed by atoms with van der Waals surface area (Å²) in [5, 5.41) is 0. The number of hydrogen-bond acceptors (Lipinski definition) is 6. The van der Waals surface area contributed by atoms with Crippen LogP contribution in [0.15, 0.2) is 53.1 Å². The van der Waals surface area contributed by atoms with Gasteiger partial charge in [-0.3, -0.25) is 19.7 Å². The third kappa shape index (κ3) is 5.57. The number of ether oxygens (including phenoxy) is 1. The normalized spacial score (nSPS) is 25.5. The van der Waals surface area contributed by atoms with E-state index in [-0.39, 0.29) is 17.2 Å². The molecule has 0 amide bonds. The zero-order valence-corrected chi connectivity index (χ0v) is 19.5. The van der Waals surface area contributed by atoms with Gasteiger partial charge < -0.3 is 9.64 Å². The Morgan fingerprint density at radius 3 is 2.66 bits per heavy atom. The Morgan fingerprint density at radius 1 is 1.31 bits per heavy atom. The molecule has 1 aromatic heterocycles. The fourth-order valence-corrected chi connectivity index (χ4v) is 4.86. The highest BCUT2D eigenvalue weighted by atomic mass is 19.1. The molecule has 174 valence electrons. The molecule has 2 saturated heterocycles. The molecule has 7 heteroatoms. The minimum Gasteiger partial charge on any atom is -0.375 e. The fourth-order valence-electron chi connectivity index (χ4n) is 4.86. The summed E-state index contributed by atoms with van der Waals surface area (Å²) in [7, 11) is 0. The summed E-state index contributed by atoms with van der Waals surface area (Å²) in [6, 6.07) is 5.50. The zero-order chi connectivity index (χ0) is 23.2. The van der Waals surface area contributed by atoms with Crippen molar-refractivity contribution in [2.45, 2.75) is 51.2 Å². The van der Waals surface area contributed by atoms with Crippen molar-refractivity contribution in [1.29, 1.82) is 0 Å². The number of Topliss-reactive ketones (excluding diaryl/α,β-unsaturated/α-hetero) is 1. The molecular formula is C25H35FN4O2. The van der Waals surface area contributed by atoms with E-state index in [1.807, 2.05) is 12.1 Å². The molecule has 0 bridgehead atoms. The molecule has 1 atom stereocenters. The average Bonchev–Trinajstić information content (AvgIpc) is 2.79. The van der Waals surface area contributed by atoms with Crippen LogP contribution in [0, 0.1) is 0 Å². The molecule has 1 unspecified atom stereocenters. The van der Waals surface area contributed by atoms with E-state index in [9.17, 15) is 9.18 Å². The van der Waals surface area contributed by atoms with E-state index in [1.54, 1.807) is 25.3 Å². The smallest absolute Gasteiger partial charge is 0.201 e. The minimum absolute atomic E-state index is 0.0809. The second-order valence-corrected chi connectivity index (χ2v) is 9.14. The number of pyridine rings is 1. The Bertz CT molecular complexity index is 860. The number of halogens is 1. The van der Waals surface area contributed by atoms with Crippen LogP contribution in [-0.4, -0.2) is 77.8 Å². The highest BCUT2D eigenvalue weighted by Crippen LogP contribution is 2.39. The molecule has 32 heavy (non-hydrogen) atoms. The summed E-state index contributed by atoms with van der Waals surface area (Å²) in [5.74, 6) is -0.247. The molecule has 0 aromatic carbocycles. The third-order valence-electron chi connectivity index (χ3n) is 6.47. The molecule has 2 aliphatic heterocycles. The quantitative estimate of drug-likeness (QED) is 0.345. The van der Waals surface area contributed by atoms with E-state index in [0.29, 0.717) is 43.8 Å². The Morgan fingerprint density at radius 2 is 2.06 bits per heavy atom. The van der Waals surface area contributed by atoms with E-state index < -0.39 is 5.54 Å². The Hall–Kier alpha value is -2.22. The molecule has 0 N–H and O–H groups in total. The summed E-state index contributed by atoms with van der Waals surface area (Å²) < 4.78 is 20.0. The summed E-state index contributed by atoms with van der Waals surface area (Å²) in [6.07, 6.45) is 6.56. The van der Waals surface area contributed by atoms with Gasteiger partial charge in [-0.1, -0.05) is 12.1 Å². The van der Waals surface area contributed by atoms with Crippen molar-refractivity contribution < 1.29 is 13.9 Å². The van der Waals surface area contributed by atoms with Gasteiger partial charge in [0.15, 0.2) is 0 Å². The van der Waals surface area contributed by atoms with Crippen LogP contribution in [0.3, 0.4) is 0 Å². The number of allylic oxidation sites excluding steroid dienone is 3. The maximum atomic E-state index is 14.1. The minimum atomic E-state index is -0.617. The number of piperazine rings is 1. The van der Waals surface area contributed by atoms with Gasteiger partial charge in [0.1, 0.15) is 11.5 Å². The van der Waals surface area contributed by atoms with Crippen molar-refractivity contribution >= 4 is 12.5 Å². The first-order valence-electron chi connectivity index (χ1n) is 11.4. The van der Waals surface area contributed by atoms with Gasteiger partial charge in [0.05, 0.1) is 16.8 Å². The van der Waals surface area contributed by atoms with Gasteiger partial charge in [-0.05, 0) is 52.1 Å². The Balaban J connectivity index is 1.72. The summed E-state index contributed by atoms with van der Waals surface area (Å²) in [6.45, 7) is 13.8. The molecule has 3 rings (SSSR count). The second kappa shape index (κ2) is 10.6. The maximum Gasteiger partial charge on any atom is 0.201 e. The van der Waals surface area contributed by atoms with E-state index in [1.165, 1.54) is 6.08 Å². The van der Waals surface area contributed by atoms with Gasteiger partial charge in [-0.25, -0.2) is 4.39 Å². The Labute approximate surface area is 190 Å². The van der Waals surface area contributed by atoms with Crippen LogP contribution >= 0.6 is 0 Å². The first-order chi connectivity index (χ1) is 15.3. The van der Waals surface area contributed by atoms with Crippen LogP contribution in [0.5, 0.6) is 0 Å². The molecule has 0 aliphatic carbocycles. The van der Waals surface area contributed by atoms with Crippen molar-refractivity contribution in [3.05, 3.63) is 53.8 Å². The lowest BCUT2D eigenvalue weighted by Crippen LogP contribution is -2.65. The first-order valence-corrected chi connectivity index (χ1v) is 11.4. The fraction of sp³-hybridized carbons (Fsp3) is 0.560. The zero-order valence-electron chi connectivity index (χ0n) is 19.5. The number of aromatic nitrogens is 1. The third-order valence-corrected chi connectivity index (χ3v) is 6.47. The first kappa shape index (κ1) is 24.4. The van der Waals surface area contributed by atoms with E-state index in [0.717, 1.165) is 26.2 Å². The highest BCUT2D eigenvalue weighted by molar-refractivity contribution is 6.02. The molecule has 0 saturated carbocycles.